The Labute approximate surface area is 267 Å². The summed E-state index contributed by atoms with van der Waals surface area (Å²) in [5, 5.41) is 4.96. The van der Waals surface area contributed by atoms with E-state index < -0.39 is 47.7 Å². The lowest BCUT2D eigenvalue weighted by molar-refractivity contribution is -0.149. The lowest BCUT2D eigenvalue weighted by atomic mass is 9.97. The molecule has 2 N–H and O–H groups in total. The lowest BCUT2D eigenvalue weighted by Gasteiger charge is -2.28. The minimum absolute atomic E-state index is 0.0184. The van der Waals surface area contributed by atoms with Crippen molar-refractivity contribution < 1.29 is 47.8 Å². The first-order chi connectivity index (χ1) is 21.6. The Kier molecular flexibility index (Phi) is 13.8. The van der Waals surface area contributed by atoms with E-state index in [2.05, 4.69) is 17.2 Å². The van der Waals surface area contributed by atoms with Crippen molar-refractivity contribution in [3.63, 3.8) is 0 Å². The fourth-order valence-corrected chi connectivity index (χ4v) is 4.80. The van der Waals surface area contributed by atoms with Gasteiger partial charge in [-0.15, -0.1) is 0 Å². The first kappa shape index (κ1) is 37.3. The number of rotatable bonds is 17. The molecular formula is C32H42N4O10. The summed E-state index contributed by atoms with van der Waals surface area (Å²) >= 11 is 0. The van der Waals surface area contributed by atoms with Gasteiger partial charge in [0.25, 0.3) is 17.7 Å². The smallest absolute Gasteiger partial charge is 0.329 e. The number of benzene rings is 1. The second-order valence-electron chi connectivity index (χ2n) is 11.6. The van der Waals surface area contributed by atoms with Crippen molar-refractivity contribution in [2.45, 2.75) is 59.5 Å². The van der Waals surface area contributed by atoms with Gasteiger partial charge in [0.1, 0.15) is 25.3 Å². The van der Waals surface area contributed by atoms with E-state index >= 15 is 0 Å². The number of carbonyl (C=O) groups excluding carboxylic acids is 8. The Morgan fingerprint density at radius 3 is 1.96 bits per heavy atom. The average Bonchev–Trinajstić information content (AvgIpc) is 3.24. The van der Waals surface area contributed by atoms with Gasteiger partial charge in [-0.1, -0.05) is 34.3 Å². The number of hydrogen-bond donors (Lipinski definition) is 2. The van der Waals surface area contributed by atoms with Gasteiger partial charge in [0.15, 0.2) is 6.29 Å². The molecule has 14 nitrogen and oxygen atoms in total. The summed E-state index contributed by atoms with van der Waals surface area (Å²) in [5.74, 6) is -5.00. The Morgan fingerprint density at radius 2 is 1.43 bits per heavy atom. The predicted octanol–water partition coefficient (Wildman–Crippen LogP) is 1.52. The Morgan fingerprint density at radius 1 is 0.891 bits per heavy atom. The van der Waals surface area contributed by atoms with Gasteiger partial charge in [0.2, 0.25) is 11.8 Å². The summed E-state index contributed by atoms with van der Waals surface area (Å²) in [6, 6.07) is -0.135. The highest BCUT2D eigenvalue weighted by molar-refractivity contribution is 6.24. The summed E-state index contributed by atoms with van der Waals surface area (Å²) in [4.78, 5) is 103. The first-order valence-electron chi connectivity index (χ1n) is 14.9. The van der Waals surface area contributed by atoms with Crippen LogP contribution in [0.5, 0.6) is 0 Å². The fraction of sp³-hybridized carbons (Fsp3) is 0.500. The molecule has 46 heavy (non-hydrogen) atoms. The maximum absolute atomic E-state index is 13.7. The maximum atomic E-state index is 13.7. The van der Waals surface area contributed by atoms with E-state index in [4.69, 9.17) is 9.47 Å². The molecule has 1 aromatic rings. The Hall–Kier alpha value is -4.88. The van der Waals surface area contributed by atoms with Crippen molar-refractivity contribution in [1.82, 2.24) is 20.4 Å². The van der Waals surface area contributed by atoms with Gasteiger partial charge >= 0.3 is 11.9 Å². The second-order valence-corrected chi connectivity index (χ2v) is 11.6. The number of likely N-dealkylation sites (N-methyl/N-ethyl adjacent to an activating group) is 1. The van der Waals surface area contributed by atoms with Crippen molar-refractivity contribution in [1.29, 1.82) is 0 Å². The molecule has 0 aromatic heterocycles. The number of nitrogens with one attached hydrogen (secondary N) is 2. The topological polar surface area (TPSA) is 186 Å². The highest BCUT2D eigenvalue weighted by Crippen LogP contribution is 2.31. The van der Waals surface area contributed by atoms with Crippen LogP contribution in [-0.2, 0) is 28.7 Å². The summed E-state index contributed by atoms with van der Waals surface area (Å²) < 4.78 is 10.5. The monoisotopic (exact) mass is 642 g/mol. The van der Waals surface area contributed by atoms with Crippen LogP contribution in [0.15, 0.2) is 24.8 Å². The van der Waals surface area contributed by atoms with Gasteiger partial charge in [-0.3, -0.25) is 33.7 Å². The molecule has 1 aliphatic rings. The summed E-state index contributed by atoms with van der Waals surface area (Å²) in [7, 11) is 1.36. The second kappa shape index (κ2) is 17.0. The zero-order valence-electron chi connectivity index (χ0n) is 27.0. The minimum Gasteiger partial charge on any atom is -0.462 e. The van der Waals surface area contributed by atoms with Crippen LogP contribution in [0.2, 0.25) is 0 Å². The van der Waals surface area contributed by atoms with E-state index in [1.807, 2.05) is 13.8 Å². The fourth-order valence-electron chi connectivity index (χ4n) is 4.80. The molecule has 5 amide bonds. The molecule has 0 bridgehead atoms. The maximum Gasteiger partial charge on any atom is 0.329 e. The number of nitrogens with zero attached hydrogens (tertiary/aromatic N) is 2. The van der Waals surface area contributed by atoms with Crippen molar-refractivity contribution in [3.8, 4) is 0 Å². The molecule has 2 rings (SSSR count). The van der Waals surface area contributed by atoms with Crippen LogP contribution in [-0.4, -0.2) is 103 Å². The van der Waals surface area contributed by atoms with Gasteiger partial charge in [0, 0.05) is 19.5 Å². The van der Waals surface area contributed by atoms with Crippen LogP contribution in [0.1, 0.15) is 88.9 Å². The van der Waals surface area contributed by atoms with Crippen molar-refractivity contribution in [2.24, 2.45) is 11.8 Å². The third kappa shape index (κ3) is 9.56. The van der Waals surface area contributed by atoms with Gasteiger partial charge < -0.3 is 25.0 Å². The average molecular weight is 643 g/mol. The van der Waals surface area contributed by atoms with E-state index in [1.54, 1.807) is 13.8 Å². The standard InChI is InChI=1S/C32H42N4O10/c1-8-27(39)34-10-12-46-32(44)26(14-19(4)5)36-29(41)23-15-21(17-37)22(16-24(23)30(36)42)28(40)35(7)25(13-18(2)3)31(43)45-11-9-33-20(6)38/h8,15-19,25-26H,1,9-14H2,2-7H3,(H,33,38)(H,34,39). The Balaban J connectivity index is 2.39. The molecule has 14 heteroatoms. The van der Waals surface area contributed by atoms with E-state index in [1.165, 1.54) is 14.0 Å². The van der Waals surface area contributed by atoms with Crippen molar-refractivity contribution in [3.05, 3.63) is 47.0 Å². The molecule has 1 heterocycles. The zero-order valence-corrected chi connectivity index (χ0v) is 27.0. The molecule has 0 fully saturated rings. The quantitative estimate of drug-likeness (QED) is 0.0830. The van der Waals surface area contributed by atoms with Gasteiger partial charge in [-0.25, -0.2) is 9.59 Å². The van der Waals surface area contributed by atoms with Crippen LogP contribution in [0.4, 0.5) is 0 Å². The van der Waals surface area contributed by atoms with Crippen LogP contribution < -0.4 is 10.6 Å². The van der Waals surface area contributed by atoms with Gasteiger partial charge in [-0.2, -0.15) is 0 Å². The third-order valence-corrected chi connectivity index (χ3v) is 7.03. The highest BCUT2D eigenvalue weighted by atomic mass is 16.5. The molecule has 0 spiro atoms. The molecule has 2 atom stereocenters. The van der Waals surface area contributed by atoms with E-state index in [0.717, 1.165) is 28.0 Å². The predicted molar refractivity (Wildman–Crippen MR) is 165 cm³/mol. The molecule has 1 aliphatic heterocycles. The minimum atomic E-state index is -1.31. The molecule has 2 unspecified atom stereocenters. The van der Waals surface area contributed by atoms with Gasteiger partial charge in [-0.05, 0) is 42.9 Å². The van der Waals surface area contributed by atoms with E-state index in [-0.39, 0.29) is 79.1 Å². The highest BCUT2D eigenvalue weighted by Gasteiger charge is 2.45. The number of fused-ring (bicyclic) bond motifs is 1. The zero-order chi connectivity index (χ0) is 34.7. The molecule has 0 saturated heterocycles. The lowest BCUT2D eigenvalue weighted by Crippen LogP contribution is -2.46. The van der Waals surface area contributed by atoms with Crippen LogP contribution in [0.3, 0.4) is 0 Å². The van der Waals surface area contributed by atoms with Crippen molar-refractivity contribution >= 4 is 47.8 Å². The van der Waals surface area contributed by atoms with Gasteiger partial charge in [0.05, 0.1) is 29.8 Å². The SMILES string of the molecule is C=CC(=O)NCCOC(=O)C(CC(C)C)N1C(=O)c2cc(C=O)c(C(=O)N(C)C(CC(C)C)C(=O)OCCNC(C)=O)cc2C1=O. The normalized spacial score (nSPS) is 13.5. The van der Waals surface area contributed by atoms with E-state index in [9.17, 15) is 38.4 Å². The molecule has 0 saturated carbocycles. The molecule has 1 aromatic carbocycles. The number of hydrogen-bond acceptors (Lipinski definition) is 10. The van der Waals surface area contributed by atoms with Crippen LogP contribution in [0.25, 0.3) is 0 Å². The summed E-state index contributed by atoms with van der Waals surface area (Å²) in [6.45, 7) is 11.6. The number of esters is 2. The summed E-state index contributed by atoms with van der Waals surface area (Å²) in [6.07, 6.45) is 1.70. The van der Waals surface area contributed by atoms with E-state index in [0.29, 0.717) is 6.29 Å². The summed E-state index contributed by atoms with van der Waals surface area (Å²) in [5.41, 5.74) is -0.769. The third-order valence-electron chi connectivity index (χ3n) is 7.03. The van der Waals surface area contributed by atoms with Crippen LogP contribution in [0, 0.1) is 11.8 Å². The number of amides is 5. The molecule has 0 aliphatic carbocycles. The number of imide groups is 1. The first-order valence-corrected chi connectivity index (χ1v) is 14.9. The number of ether oxygens (including phenoxy) is 2. The molecular weight excluding hydrogens is 600 g/mol. The molecule has 250 valence electrons. The van der Waals surface area contributed by atoms with Crippen molar-refractivity contribution in [2.75, 3.05) is 33.4 Å². The van der Waals surface area contributed by atoms with Crippen LogP contribution >= 0.6 is 0 Å². The number of carbonyl (C=O) groups is 8. The largest absolute Gasteiger partial charge is 0.462 e. The Bertz CT molecular complexity index is 1390. The molecule has 0 radical (unpaired) electrons. The number of aldehydes is 1.